The van der Waals surface area contributed by atoms with Crippen molar-refractivity contribution in [1.82, 2.24) is 0 Å². The van der Waals surface area contributed by atoms with E-state index in [1.54, 1.807) is 11.8 Å². The van der Waals surface area contributed by atoms with Gasteiger partial charge in [0.15, 0.2) is 5.78 Å². The first-order chi connectivity index (χ1) is 5.83. The van der Waals surface area contributed by atoms with Crippen molar-refractivity contribution in [3.05, 3.63) is 40.8 Å². The van der Waals surface area contributed by atoms with Crippen LogP contribution in [0.5, 0.6) is 0 Å². The van der Waals surface area contributed by atoms with Gasteiger partial charge >= 0.3 is 0 Å². The van der Waals surface area contributed by atoms with Crippen LogP contribution in [0.2, 0.25) is 0 Å². The van der Waals surface area contributed by atoms with Crippen molar-refractivity contribution in [3.63, 3.8) is 0 Å². The van der Waals surface area contributed by atoms with Crippen LogP contribution in [0.1, 0.15) is 17.3 Å². The molecule has 1 heterocycles. The Bertz CT molecular complexity index is 366. The molecule has 2 heteroatoms. The minimum atomic E-state index is 0.165. The summed E-state index contributed by atoms with van der Waals surface area (Å²) in [6, 6.07) is 7.71. The number of Topliss-reactive ketones (excluding diaryl/α,β-unsaturated/α-hetero) is 1. The van der Waals surface area contributed by atoms with Crippen LogP contribution in [0.15, 0.2) is 40.1 Å². The molecule has 0 spiro atoms. The molecule has 0 saturated heterocycles. The maximum atomic E-state index is 11.5. The van der Waals surface area contributed by atoms with E-state index in [0.717, 1.165) is 15.4 Å². The Balaban J connectivity index is 2.56. The predicted octanol–water partition coefficient (Wildman–Crippen LogP) is 2.88. The third-order valence-corrected chi connectivity index (χ3v) is 3.05. The Morgan fingerprint density at radius 1 is 1.33 bits per heavy atom. The van der Waals surface area contributed by atoms with Gasteiger partial charge in [-0.15, -0.1) is 0 Å². The quantitative estimate of drug-likeness (QED) is 0.565. The molecular formula is C10H8OS. The highest BCUT2D eigenvalue weighted by Crippen LogP contribution is 2.39. The lowest BCUT2D eigenvalue weighted by Gasteiger charge is -1.90. The lowest BCUT2D eigenvalue weighted by molar-refractivity contribution is 0.104. The van der Waals surface area contributed by atoms with Crippen molar-refractivity contribution >= 4 is 17.5 Å². The number of thioether (sulfide) groups is 1. The smallest absolute Gasteiger partial charge is 0.200 e. The summed E-state index contributed by atoms with van der Waals surface area (Å²) >= 11 is 1.56. The molecular weight excluding hydrogens is 168 g/mol. The normalized spacial score (nSPS) is 18.4. The summed E-state index contributed by atoms with van der Waals surface area (Å²) < 4.78 is 0. The van der Waals surface area contributed by atoms with Gasteiger partial charge in [0.1, 0.15) is 0 Å². The highest BCUT2D eigenvalue weighted by Gasteiger charge is 2.23. The number of benzene rings is 1. The Hall–Kier alpha value is -1.02. The molecule has 0 N–H and O–H groups in total. The van der Waals surface area contributed by atoms with Crippen LogP contribution in [0, 0.1) is 0 Å². The van der Waals surface area contributed by atoms with Crippen LogP contribution in [-0.2, 0) is 0 Å². The molecule has 0 bridgehead atoms. The lowest BCUT2D eigenvalue weighted by Crippen LogP contribution is -1.92. The number of fused-ring (bicyclic) bond motifs is 1. The number of ketones is 1. The van der Waals surface area contributed by atoms with Crippen LogP contribution >= 0.6 is 11.8 Å². The second-order valence-electron chi connectivity index (χ2n) is 2.58. The van der Waals surface area contributed by atoms with Gasteiger partial charge in [0.05, 0.1) is 4.91 Å². The van der Waals surface area contributed by atoms with Gasteiger partial charge in [-0.1, -0.05) is 30.0 Å². The van der Waals surface area contributed by atoms with Crippen LogP contribution in [0.25, 0.3) is 0 Å². The monoisotopic (exact) mass is 176 g/mol. The summed E-state index contributed by atoms with van der Waals surface area (Å²) in [5.41, 5.74) is 0.843. The van der Waals surface area contributed by atoms with Crippen LogP contribution in [0.3, 0.4) is 0 Å². The van der Waals surface area contributed by atoms with Crippen molar-refractivity contribution in [2.24, 2.45) is 0 Å². The van der Waals surface area contributed by atoms with Crippen molar-refractivity contribution in [3.8, 4) is 0 Å². The zero-order chi connectivity index (χ0) is 8.55. The van der Waals surface area contributed by atoms with E-state index >= 15 is 0 Å². The largest absolute Gasteiger partial charge is 0.288 e. The van der Waals surface area contributed by atoms with E-state index in [9.17, 15) is 4.79 Å². The molecule has 1 nitrogen and oxygen atoms in total. The number of carbonyl (C=O) groups excluding carboxylic acids is 1. The third kappa shape index (κ3) is 0.994. The maximum absolute atomic E-state index is 11.5. The van der Waals surface area contributed by atoms with E-state index < -0.39 is 0 Å². The zero-order valence-corrected chi connectivity index (χ0v) is 7.52. The van der Waals surface area contributed by atoms with Gasteiger partial charge in [0.2, 0.25) is 0 Å². The van der Waals surface area contributed by atoms with Gasteiger partial charge in [0.25, 0.3) is 0 Å². The Labute approximate surface area is 75.5 Å². The summed E-state index contributed by atoms with van der Waals surface area (Å²) in [5.74, 6) is 0.165. The Kier molecular flexibility index (Phi) is 1.77. The fourth-order valence-corrected chi connectivity index (χ4v) is 2.21. The molecule has 1 aromatic rings. The third-order valence-electron chi connectivity index (χ3n) is 1.84. The summed E-state index contributed by atoms with van der Waals surface area (Å²) in [5, 5.41) is 0. The summed E-state index contributed by atoms with van der Waals surface area (Å²) in [7, 11) is 0. The van der Waals surface area contributed by atoms with Crippen LogP contribution in [-0.4, -0.2) is 5.78 Å². The molecule has 0 amide bonds. The molecule has 1 aromatic carbocycles. The molecule has 2 rings (SSSR count). The molecule has 0 radical (unpaired) electrons. The minimum Gasteiger partial charge on any atom is -0.288 e. The van der Waals surface area contributed by atoms with Gasteiger partial charge in [-0.25, -0.2) is 0 Å². The molecule has 0 atom stereocenters. The molecule has 0 fully saturated rings. The number of allylic oxidation sites excluding steroid dienone is 2. The molecule has 1 aliphatic rings. The van der Waals surface area contributed by atoms with Crippen LogP contribution in [0.4, 0.5) is 0 Å². The first kappa shape index (κ1) is 7.62. The molecule has 60 valence electrons. The highest BCUT2D eigenvalue weighted by molar-refractivity contribution is 8.04. The topological polar surface area (TPSA) is 17.1 Å². The van der Waals surface area contributed by atoms with Gasteiger partial charge in [-0.05, 0) is 19.1 Å². The Morgan fingerprint density at radius 3 is 2.75 bits per heavy atom. The molecule has 0 aliphatic carbocycles. The molecule has 0 saturated carbocycles. The fraction of sp³-hybridized carbons (Fsp3) is 0.100. The van der Waals surface area contributed by atoms with Crippen LogP contribution < -0.4 is 0 Å². The van der Waals surface area contributed by atoms with Crippen molar-refractivity contribution in [2.45, 2.75) is 11.8 Å². The standard InChI is InChI=1S/C10H8OS/c1-2-8-10(11)7-5-3-4-6-9(7)12-8/h2-6H,1H3/b8-2+. The second-order valence-corrected chi connectivity index (χ2v) is 3.66. The number of hydrogen-bond acceptors (Lipinski definition) is 2. The summed E-state index contributed by atoms with van der Waals surface area (Å²) in [4.78, 5) is 13.5. The molecule has 12 heavy (non-hydrogen) atoms. The molecule has 0 aromatic heterocycles. The van der Waals surface area contributed by atoms with Gasteiger partial charge in [-0.2, -0.15) is 0 Å². The average molecular weight is 176 g/mol. The SMILES string of the molecule is C/C=C1/Sc2ccccc2C1=O. The first-order valence-corrected chi connectivity index (χ1v) is 4.62. The zero-order valence-electron chi connectivity index (χ0n) is 6.70. The van der Waals surface area contributed by atoms with Gasteiger partial charge < -0.3 is 0 Å². The fourth-order valence-electron chi connectivity index (χ4n) is 1.23. The van der Waals surface area contributed by atoms with Gasteiger partial charge in [0, 0.05) is 10.5 Å². The average Bonchev–Trinajstić information content (AvgIpc) is 2.44. The van der Waals surface area contributed by atoms with E-state index in [4.69, 9.17) is 0 Å². The summed E-state index contributed by atoms with van der Waals surface area (Å²) in [6.07, 6.45) is 1.87. The van der Waals surface area contributed by atoms with E-state index in [2.05, 4.69) is 0 Å². The molecule has 0 unspecified atom stereocenters. The minimum absolute atomic E-state index is 0.165. The van der Waals surface area contributed by atoms with Crippen molar-refractivity contribution in [1.29, 1.82) is 0 Å². The maximum Gasteiger partial charge on any atom is 0.200 e. The number of carbonyl (C=O) groups is 1. The van der Waals surface area contributed by atoms with E-state index in [0.29, 0.717) is 0 Å². The van der Waals surface area contributed by atoms with Crippen molar-refractivity contribution in [2.75, 3.05) is 0 Å². The van der Waals surface area contributed by atoms with Crippen molar-refractivity contribution < 1.29 is 4.79 Å². The van der Waals surface area contributed by atoms with Gasteiger partial charge in [-0.3, -0.25) is 4.79 Å². The summed E-state index contributed by atoms with van der Waals surface area (Å²) in [6.45, 7) is 1.89. The predicted molar refractivity (Wildman–Crippen MR) is 50.4 cm³/mol. The highest BCUT2D eigenvalue weighted by atomic mass is 32.2. The molecule has 1 aliphatic heterocycles. The second kappa shape index (κ2) is 2.79. The van der Waals surface area contributed by atoms with E-state index in [-0.39, 0.29) is 5.78 Å². The van der Waals surface area contributed by atoms with E-state index in [1.807, 2.05) is 37.3 Å². The first-order valence-electron chi connectivity index (χ1n) is 3.81. The number of hydrogen-bond donors (Lipinski definition) is 0. The number of rotatable bonds is 0. The lowest BCUT2D eigenvalue weighted by atomic mass is 10.1. The Morgan fingerprint density at radius 2 is 2.08 bits per heavy atom. The van der Waals surface area contributed by atoms with E-state index in [1.165, 1.54) is 0 Å².